The molecule has 0 saturated carbocycles. The van der Waals surface area contributed by atoms with Gasteiger partial charge in [-0.2, -0.15) is 0 Å². The zero-order valence-corrected chi connectivity index (χ0v) is 12.5. The summed E-state index contributed by atoms with van der Waals surface area (Å²) in [5, 5.41) is 3.61. The molecule has 1 heterocycles. The lowest BCUT2D eigenvalue weighted by atomic mass is 9.88. The molecule has 1 aromatic carbocycles. The molecule has 1 N–H and O–H groups in total. The summed E-state index contributed by atoms with van der Waals surface area (Å²) in [6.45, 7) is 7.26. The summed E-state index contributed by atoms with van der Waals surface area (Å²) in [4.78, 5) is 2.34. The monoisotopic (exact) mass is 264 g/mol. The minimum atomic E-state index is -0.112. The van der Waals surface area contributed by atoms with Crippen molar-refractivity contribution in [3.63, 3.8) is 0 Å². The molecule has 4 nitrogen and oxygen atoms in total. The molecule has 0 amide bonds. The molecule has 1 atom stereocenters. The van der Waals surface area contributed by atoms with E-state index in [0.29, 0.717) is 0 Å². The van der Waals surface area contributed by atoms with E-state index in [1.807, 2.05) is 6.92 Å². The Bertz CT molecular complexity index is 462. The third-order valence-corrected chi connectivity index (χ3v) is 3.91. The summed E-state index contributed by atoms with van der Waals surface area (Å²) >= 11 is 0. The number of aryl methyl sites for hydroxylation is 1. The lowest BCUT2D eigenvalue weighted by Gasteiger charge is -2.41. The van der Waals surface area contributed by atoms with Crippen molar-refractivity contribution >= 4 is 0 Å². The lowest BCUT2D eigenvalue weighted by molar-refractivity contribution is 0.167. The van der Waals surface area contributed by atoms with Gasteiger partial charge in [0.15, 0.2) is 0 Å². The number of hydrogen-bond donors (Lipinski definition) is 1. The van der Waals surface area contributed by atoms with Gasteiger partial charge in [-0.15, -0.1) is 0 Å². The summed E-state index contributed by atoms with van der Waals surface area (Å²) in [6.07, 6.45) is 0. The zero-order chi connectivity index (χ0) is 14.0. The molecule has 1 unspecified atom stereocenters. The SMILES string of the molecule is COc1cc(C2(C)CN(C)CCN2)c(OC)cc1C. The lowest BCUT2D eigenvalue weighted by Crippen LogP contribution is -2.55. The van der Waals surface area contributed by atoms with Gasteiger partial charge in [-0.25, -0.2) is 0 Å². The first-order valence-corrected chi connectivity index (χ1v) is 6.67. The van der Waals surface area contributed by atoms with Gasteiger partial charge in [0.05, 0.1) is 19.8 Å². The Morgan fingerprint density at radius 1 is 1.21 bits per heavy atom. The van der Waals surface area contributed by atoms with Crippen LogP contribution in [0.2, 0.25) is 0 Å². The second kappa shape index (κ2) is 5.39. The molecule has 2 rings (SSSR count). The van der Waals surface area contributed by atoms with Crippen molar-refractivity contribution in [2.24, 2.45) is 0 Å². The molecule has 0 bridgehead atoms. The first kappa shape index (κ1) is 14.2. The summed E-state index contributed by atoms with van der Waals surface area (Å²) in [7, 11) is 5.58. The number of likely N-dealkylation sites (N-methyl/N-ethyl adjacent to an activating group) is 1. The van der Waals surface area contributed by atoms with Crippen molar-refractivity contribution in [2.75, 3.05) is 40.9 Å². The maximum absolute atomic E-state index is 5.57. The average Bonchev–Trinajstić information content (AvgIpc) is 2.37. The van der Waals surface area contributed by atoms with Gasteiger partial charge in [0.25, 0.3) is 0 Å². The van der Waals surface area contributed by atoms with E-state index in [1.54, 1.807) is 14.2 Å². The van der Waals surface area contributed by atoms with Crippen LogP contribution in [0.25, 0.3) is 0 Å². The predicted molar refractivity (Wildman–Crippen MR) is 77.1 cm³/mol. The minimum absolute atomic E-state index is 0.112. The maximum atomic E-state index is 5.57. The molecule has 0 aliphatic carbocycles. The van der Waals surface area contributed by atoms with Crippen molar-refractivity contribution in [1.29, 1.82) is 0 Å². The maximum Gasteiger partial charge on any atom is 0.124 e. The summed E-state index contributed by atoms with van der Waals surface area (Å²) in [5.74, 6) is 1.83. The van der Waals surface area contributed by atoms with Gasteiger partial charge in [0.1, 0.15) is 11.5 Å². The van der Waals surface area contributed by atoms with Crippen molar-refractivity contribution in [2.45, 2.75) is 19.4 Å². The van der Waals surface area contributed by atoms with Crippen LogP contribution < -0.4 is 14.8 Å². The van der Waals surface area contributed by atoms with Crippen molar-refractivity contribution in [1.82, 2.24) is 10.2 Å². The summed E-state index contributed by atoms with van der Waals surface area (Å²) in [5.41, 5.74) is 2.14. The predicted octanol–water partition coefficient (Wildman–Crippen LogP) is 1.76. The number of benzene rings is 1. The second-order valence-electron chi connectivity index (χ2n) is 5.52. The molecule has 106 valence electrons. The van der Waals surface area contributed by atoms with Gasteiger partial charge in [0.2, 0.25) is 0 Å². The molecule has 0 radical (unpaired) electrons. The number of nitrogens with zero attached hydrogens (tertiary/aromatic N) is 1. The van der Waals surface area contributed by atoms with Crippen molar-refractivity contribution in [3.05, 3.63) is 23.3 Å². The quantitative estimate of drug-likeness (QED) is 0.902. The van der Waals surface area contributed by atoms with Gasteiger partial charge < -0.3 is 19.7 Å². The Morgan fingerprint density at radius 3 is 2.47 bits per heavy atom. The van der Waals surface area contributed by atoms with Gasteiger partial charge in [-0.1, -0.05) is 0 Å². The zero-order valence-electron chi connectivity index (χ0n) is 12.5. The van der Waals surface area contributed by atoms with Crippen LogP contribution in [-0.2, 0) is 5.54 Å². The third-order valence-electron chi connectivity index (χ3n) is 3.91. The third kappa shape index (κ3) is 2.69. The smallest absolute Gasteiger partial charge is 0.124 e. The minimum Gasteiger partial charge on any atom is -0.496 e. The molecule has 0 spiro atoms. The number of piperazine rings is 1. The highest BCUT2D eigenvalue weighted by molar-refractivity contribution is 5.49. The highest BCUT2D eigenvalue weighted by atomic mass is 16.5. The normalized spacial score (nSPS) is 24.3. The van der Waals surface area contributed by atoms with Crippen LogP contribution in [0.4, 0.5) is 0 Å². The fourth-order valence-electron chi connectivity index (χ4n) is 2.86. The molecule has 1 aromatic rings. The molecule has 1 aliphatic rings. The van der Waals surface area contributed by atoms with E-state index in [9.17, 15) is 0 Å². The van der Waals surface area contributed by atoms with Gasteiger partial charge in [-0.05, 0) is 38.6 Å². The standard InChI is InChI=1S/C15H24N2O2/c1-11-8-14(19-5)12(9-13(11)18-4)15(2)10-17(3)7-6-16-15/h8-9,16H,6-7,10H2,1-5H3. The Kier molecular flexibility index (Phi) is 4.02. The van der Waals surface area contributed by atoms with Crippen LogP contribution in [0.5, 0.6) is 11.5 Å². The van der Waals surface area contributed by atoms with E-state index in [4.69, 9.17) is 9.47 Å². The molecular formula is C15H24N2O2. The molecule has 4 heteroatoms. The first-order valence-electron chi connectivity index (χ1n) is 6.67. The summed E-state index contributed by atoms with van der Waals surface area (Å²) < 4.78 is 11.0. The fourth-order valence-corrected chi connectivity index (χ4v) is 2.86. The van der Waals surface area contributed by atoms with Crippen molar-refractivity contribution < 1.29 is 9.47 Å². The van der Waals surface area contributed by atoms with Crippen LogP contribution in [0.1, 0.15) is 18.1 Å². The Morgan fingerprint density at radius 2 is 1.89 bits per heavy atom. The number of ether oxygens (including phenoxy) is 2. The topological polar surface area (TPSA) is 33.7 Å². The van der Waals surface area contributed by atoms with E-state index < -0.39 is 0 Å². The molecule has 19 heavy (non-hydrogen) atoms. The van der Waals surface area contributed by atoms with Crippen LogP contribution in [0, 0.1) is 6.92 Å². The molecule has 1 saturated heterocycles. The molecule has 1 fully saturated rings. The Balaban J connectivity index is 2.47. The molecular weight excluding hydrogens is 240 g/mol. The second-order valence-corrected chi connectivity index (χ2v) is 5.52. The number of hydrogen-bond acceptors (Lipinski definition) is 4. The largest absolute Gasteiger partial charge is 0.496 e. The van der Waals surface area contributed by atoms with Gasteiger partial charge in [0, 0.05) is 25.2 Å². The fraction of sp³-hybridized carbons (Fsp3) is 0.600. The first-order chi connectivity index (χ1) is 9.00. The van der Waals surface area contributed by atoms with Gasteiger partial charge >= 0.3 is 0 Å². The van der Waals surface area contributed by atoms with E-state index in [0.717, 1.165) is 42.3 Å². The van der Waals surface area contributed by atoms with Crippen LogP contribution in [0.3, 0.4) is 0 Å². The average molecular weight is 264 g/mol. The van der Waals surface area contributed by atoms with E-state index in [2.05, 4.69) is 36.3 Å². The van der Waals surface area contributed by atoms with Crippen LogP contribution in [0.15, 0.2) is 12.1 Å². The van der Waals surface area contributed by atoms with E-state index in [1.165, 1.54) is 0 Å². The van der Waals surface area contributed by atoms with Crippen LogP contribution >= 0.6 is 0 Å². The Hall–Kier alpha value is -1.26. The van der Waals surface area contributed by atoms with Crippen LogP contribution in [-0.4, -0.2) is 45.8 Å². The van der Waals surface area contributed by atoms with Gasteiger partial charge in [-0.3, -0.25) is 0 Å². The van der Waals surface area contributed by atoms with Crippen molar-refractivity contribution in [3.8, 4) is 11.5 Å². The number of nitrogens with one attached hydrogen (secondary N) is 1. The van der Waals surface area contributed by atoms with E-state index in [-0.39, 0.29) is 5.54 Å². The highest BCUT2D eigenvalue weighted by Crippen LogP contribution is 2.36. The molecule has 1 aliphatic heterocycles. The number of rotatable bonds is 3. The number of methoxy groups -OCH3 is 2. The molecule has 0 aromatic heterocycles. The van der Waals surface area contributed by atoms with E-state index >= 15 is 0 Å². The highest BCUT2D eigenvalue weighted by Gasteiger charge is 2.34. The summed E-state index contributed by atoms with van der Waals surface area (Å²) in [6, 6.07) is 4.15. The Labute approximate surface area is 115 Å².